The van der Waals surface area contributed by atoms with Crippen molar-refractivity contribution < 1.29 is 4.79 Å². The van der Waals surface area contributed by atoms with Gasteiger partial charge in [-0.25, -0.2) is 4.79 Å². The fourth-order valence-electron chi connectivity index (χ4n) is 2.73. The van der Waals surface area contributed by atoms with E-state index in [1.807, 2.05) is 47.9 Å². The number of hydrogen-bond donors (Lipinski definition) is 3. The third-order valence-corrected chi connectivity index (χ3v) is 5.11. The molecule has 2 amide bonds. The highest BCUT2D eigenvalue weighted by atomic mass is 32.2. The Kier molecular flexibility index (Phi) is 5.85. The molecule has 3 rings (SSSR count). The highest BCUT2D eigenvalue weighted by Crippen LogP contribution is 2.33. The number of nitrogens with one attached hydrogen (secondary N) is 2. The number of amides is 2. The molecule has 7 nitrogen and oxygen atoms in total. The molecule has 0 atom stereocenters. The Hall–Kier alpha value is -2.74. The Balaban J connectivity index is 1.87. The lowest BCUT2D eigenvalue weighted by molar-refractivity contribution is 0.241. The second-order valence-corrected chi connectivity index (χ2v) is 7.58. The van der Waals surface area contributed by atoms with Crippen LogP contribution in [0.2, 0.25) is 0 Å². The van der Waals surface area contributed by atoms with Crippen molar-refractivity contribution in [3.63, 3.8) is 0 Å². The number of nitrogen functional groups attached to an aromatic ring is 1. The molecular weight excluding hydrogens is 360 g/mol. The Bertz CT molecular complexity index is 953. The van der Waals surface area contributed by atoms with Crippen LogP contribution in [0.5, 0.6) is 0 Å². The zero-order chi connectivity index (χ0) is 19.4. The number of urea groups is 1. The van der Waals surface area contributed by atoms with Crippen molar-refractivity contribution in [3.8, 4) is 0 Å². The van der Waals surface area contributed by atoms with Crippen molar-refractivity contribution in [2.24, 2.45) is 0 Å². The summed E-state index contributed by atoms with van der Waals surface area (Å²) in [6, 6.07) is 9.73. The quantitative estimate of drug-likeness (QED) is 0.605. The zero-order valence-corrected chi connectivity index (χ0v) is 16.5. The molecule has 2 aromatic heterocycles. The highest BCUT2D eigenvalue weighted by molar-refractivity contribution is 7.99. The fourth-order valence-corrected chi connectivity index (χ4v) is 3.75. The number of hydrogen-bond acceptors (Lipinski definition) is 5. The number of aromatic nitrogens is 3. The standard InChI is InChI=1S/C19H24N6OS/c1-4-21-19(26)22-10-13-7-5-6-8-16(13)27-14-9-15(20)18-24-23-17(12(2)3)25(18)11-14/h5-9,11-12H,4,10,20H2,1-3H3,(H2,21,22,26). The van der Waals surface area contributed by atoms with Gasteiger partial charge >= 0.3 is 6.03 Å². The van der Waals surface area contributed by atoms with Gasteiger partial charge in [-0.2, -0.15) is 0 Å². The molecule has 2 heterocycles. The molecule has 0 unspecified atom stereocenters. The fraction of sp³-hybridized carbons (Fsp3) is 0.316. The van der Waals surface area contributed by atoms with E-state index in [9.17, 15) is 4.79 Å². The first-order chi connectivity index (χ1) is 13.0. The molecule has 0 saturated carbocycles. The van der Waals surface area contributed by atoms with Crippen LogP contribution in [0.4, 0.5) is 10.5 Å². The molecule has 8 heteroatoms. The van der Waals surface area contributed by atoms with Gasteiger partial charge in [0.05, 0.1) is 5.69 Å². The van der Waals surface area contributed by atoms with Crippen LogP contribution < -0.4 is 16.4 Å². The topological polar surface area (TPSA) is 97.3 Å². The van der Waals surface area contributed by atoms with E-state index in [2.05, 4.69) is 34.7 Å². The second kappa shape index (κ2) is 8.30. The maximum Gasteiger partial charge on any atom is 0.315 e. The van der Waals surface area contributed by atoms with E-state index in [4.69, 9.17) is 5.73 Å². The van der Waals surface area contributed by atoms with Gasteiger partial charge in [-0.1, -0.05) is 43.8 Å². The normalized spacial score (nSPS) is 11.1. The maximum absolute atomic E-state index is 11.7. The van der Waals surface area contributed by atoms with Gasteiger partial charge in [-0.05, 0) is 24.6 Å². The largest absolute Gasteiger partial charge is 0.396 e. The minimum atomic E-state index is -0.172. The molecule has 0 fully saturated rings. The number of benzene rings is 1. The third kappa shape index (κ3) is 4.33. The molecular formula is C19H24N6OS. The Labute approximate surface area is 162 Å². The summed E-state index contributed by atoms with van der Waals surface area (Å²) >= 11 is 1.60. The molecule has 1 aromatic carbocycles. The summed E-state index contributed by atoms with van der Waals surface area (Å²) in [5, 5.41) is 14.1. The van der Waals surface area contributed by atoms with E-state index in [1.165, 1.54) is 0 Å². The second-order valence-electron chi connectivity index (χ2n) is 6.46. The monoisotopic (exact) mass is 384 g/mol. The minimum Gasteiger partial charge on any atom is -0.396 e. The van der Waals surface area contributed by atoms with E-state index in [1.54, 1.807) is 11.8 Å². The van der Waals surface area contributed by atoms with Gasteiger partial charge in [0.2, 0.25) is 0 Å². The van der Waals surface area contributed by atoms with Crippen LogP contribution in [0.25, 0.3) is 5.65 Å². The van der Waals surface area contributed by atoms with Crippen molar-refractivity contribution in [1.29, 1.82) is 0 Å². The molecule has 0 aliphatic heterocycles. The summed E-state index contributed by atoms with van der Waals surface area (Å²) in [4.78, 5) is 13.7. The van der Waals surface area contributed by atoms with Crippen LogP contribution in [0.15, 0.2) is 46.3 Å². The summed E-state index contributed by atoms with van der Waals surface area (Å²) in [7, 11) is 0. The summed E-state index contributed by atoms with van der Waals surface area (Å²) in [6.07, 6.45) is 2.01. The number of nitrogens with zero attached hydrogens (tertiary/aromatic N) is 3. The lowest BCUT2D eigenvalue weighted by Gasteiger charge is -2.12. The van der Waals surface area contributed by atoms with Crippen LogP contribution in [-0.2, 0) is 6.54 Å². The van der Waals surface area contributed by atoms with E-state index >= 15 is 0 Å². The molecule has 0 radical (unpaired) electrons. The molecule has 0 bridgehead atoms. The van der Waals surface area contributed by atoms with E-state index in [-0.39, 0.29) is 11.9 Å². The lowest BCUT2D eigenvalue weighted by atomic mass is 10.2. The maximum atomic E-state index is 11.7. The van der Waals surface area contributed by atoms with Gasteiger partial charge < -0.3 is 16.4 Å². The number of fused-ring (bicyclic) bond motifs is 1. The first-order valence-electron chi connectivity index (χ1n) is 8.91. The molecule has 142 valence electrons. The van der Waals surface area contributed by atoms with Crippen LogP contribution in [0.3, 0.4) is 0 Å². The van der Waals surface area contributed by atoms with Crippen LogP contribution >= 0.6 is 11.8 Å². The van der Waals surface area contributed by atoms with E-state index in [0.717, 1.165) is 21.2 Å². The number of pyridine rings is 1. The number of anilines is 1. The zero-order valence-electron chi connectivity index (χ0n) is 15.7. The predicted octanol–water partition coefficient (Wildman–Crippen LogP) is 3.41. The smallest absolute Gasteiger partial charge is 0.315 e. The van der Waals surface area contributed by atoms with Crippen molar-refractivity contribution >= 4 is 29.1 Å². The molecule has 0 saturated heterocycles. The van der Waals surface area contributed by atoms with Gasteiger partial charge in [0.1, 0.15) is 5.82 Å². The summed E-state index contributed by atoms with van der Waals surface area (Å²) in [6.45, 7) is 7.10. The number of rotatable bonds is 6. The average Bonchev–Trinajstić information content (AvgIpc) is 3.06. The molecule has 3 aromatic rings. The van der Waals surface area contributed by atoms with Crippen molar-refractivity contribution in [2.75, 3.05) is 12.3 Å². The van der Waals surface area contributed by atoms with Gasteiger partial charge in [-0.15, -0.1) is 10.2 Å². The Morgan fingerprint density at radius 2 is 2.04 bits per heavy atom. The number of nitrogens with two attached hydrogens (primary N) is 1. The molecule has 27 heavy (non-hydrogen) atoms. The van der Waals surface area contributed by atoms with Crippen LogP contribution in [0, 0.1) is 0 Å². The molecule has 4 N–H and O–H groups in total. The molecule has 0 aliphatic carbocycles. The lowest BCUT2D eigenvalue weighted by Crippen LogP contribution is -2.34. The summed E-state index contributed by atoms with van der Waals surface area (Å²) in [5.41, 5.74) is 8.50. The van der Waals surface area contributed by atoms with Crippen molar-refractivity contribution in [1.82, 2.24) is 25.2 Å². The first kappa shape index (κ1) is 19.0. The summed E-state index contributed by atoms with van der Waals surface area (Å²) in [5.74, 6) is 1.12. The van der Waals surface area contributed by atoms with Crippen molar-refractivity contribution in [2.45, 2.75) is 43.0 Å². The van der Waals surface area contributed by atoms with Gasteiger partial charge in [-0.3, -0.25) is 4.40 Å². The number of carbonyl (C=O) groups excluding carboxylic acids is 1. The SMILES string of the molecule is CCNC(=O)NCc1ccccc1Sc1cc(N)c2nnc(C(C)C)n2c1. The van der Waals surface area contributed by atoms with Crippen LogP contribution in [-0.4, -0.2) is 27.2 Å². The Morgan fingerprint density at radius 3 is 2.78 bits per heavy atom. The van der Waals surface area contributed by atoms with Crippen molar-refractivity contribution in [3.05, 3.63) is 47.9 Å². The summed E-state index contributed by atoms with van der Waals surface area (Å²) < 4.78 is 1.96. The van der Waals surface area contributed by atoms with Gasteiger partial charge in [0, 0.05) is 35.0 Å². The minimum absolute atomic E-state index is 0.172. The average molecular weight is 385 g/mol. The molecule has 0 aliphatic rings. The van der Waals surface area contributed by atoms with Gasteiger partial charge in [0.25, 0.3) is 0 Å². The predicted molar refractivity (Wildman–Crippen MR) is 108 cm³/mol. The van der Waals surface area contributed by atoms with Crippen LogP contribution in [0.1, 0.15) is 38.1 Å². The Morgan fingerprint density at radius 1 is 1.26 bits per heavy atom. The van der Waals surface area contributed by atoms with E-state index < -0.39 is 0 Å². The highest BCUT2D eigenvalue weighted by Gasteiger charge is 2.14. The first-order valence-corrected chi connectivity index (χ1v) is 9.72. The van der Waals surface area contributed by atoms with E-state index in [0.29, 0.717) is 24.4 Å². The third-order valence-electron chi connectivity index (χ3n) is 4.03. The number of carbonyl (C=O) groups is 1. The van der Waals surface area contributed by atoms with Gasteiger partial charge in [0.15, 0.2) is 5.65 Å². The molecule has 0 spiro atoms.